The third-order valence-electron chi connectivity index (χ3n) is 5.30. The van der Waals surface area contributed by atoms with Crippen LogP contribution in [-0.4, -0.2) is 34.7 Å². The lowest BCUT2D eigenvalue weighted by molar-refractivity contribution is 0.419. The number of rotatable bonds is 4. The van der Waals surface area contributed by atoms with Gasteiger partial charge in [0.2, 0.25) is 0 Å². The molecule has 0 aliphatic carbocycles. The second-order valence-corrected chi connectivity index (χ2v) is 8.23. The molecule has 0 saturated heterocycles. The first-order valence-corrected chi connectivity index (χ1v) is 10.1. The molecule has 0 aliphatic rings. The first kappa shape index (κ1) is 17.1. The number of benzene rings is 1. The van der Waals surface area contributed by atoms with E-state index in [0.717, 1.165) is 42.8 Å². The second kappa shape index (κ2) is 6.36. The van der Waals surface area contributed by atoms with E-state index in [9.17, 15) is 4.79 Å². The minimum absolute atomic E-state index is 0.138. The van der Waals surface area contributed by atoms with Crippen molar-refractivity contribution in [1.82, 2.24) is 34.7 Å². The highest BCUT2D eigenvalue weighted by atomic mass is 32.1. The van der Waals surface area contributed by atoms with E-state index in [0.29, 0.717) is 18.5 Å². The first-order valence-electron chi connectivity index (χ1n) is 9.32. The summed E-state index contributed by atoms with van der Waals surface area (Å²) in [6.45, 7) is 0.372. The summed E-state index contributed by atoms with van der Waals surface area (Å²) in [6, 6.07) is 5.89. The maximum atomic E-state index is 13.2. The topological polar surface area (TPSA) is 107 Å². The number of nitrogens with zero attached hydrogens (tertiary/aromatic N) is 6. The van der Waals surface area contributed by atoms with Crippen LogP contribution in [0.2, 0.25) is 0 Å². The maximum absolute atomic E-state index is 13.2. The van der Waals surface area contributed by atoms with Crippen molar-refractivity contribution in [2.24, 2.45) is 7.05 Å². The van der Waals surface area contributed by atoms with Crippen molar-refractivity contribution in [1.29, 1.82) is 0 Å². The lowest BCUT2D eigenvalue weighted by Crippen LogP contribution is -2.24. The van der Waals surface area contributed by atoms with Crippen LogP contribution in [0, 0.1) is 0 Å². The maximum Gasteiger partial charge on any atom is 0.291 e. The van der Waals surface area contributed by atoms with E-state index in [2.05, 4.69) is 20.5 Å². The van der Waals surface area contributed by atoms with E-state index >= 15 is 0 Å². The van der Waals surface area contributed by atoms with Crippen molar-refractivity contribution in [2.75, 3.05) is 0 Å². The molecule has 1 aromatic carbocycles. The average molecular weight is 417 g/mol. The summed E-state index contributed by atoms with van der Waals surface area (Å²) in [5.41, 5.74) is 4.14. The van der Waals surface area contributed by atoms with E-state index in [-0.39, 0.29) is 5.56 Å². The Morgan fingerprint density at radius 1 is 1.20 bits per heavy atom. The van der Waals surface area contributed by atoms with Gasteiger partial charge in [-0.05, 0) is 11.6 Å². The summed E-state index contributed by atoms with van der Waals surface area (Å²) in [5, 5.41) is 18.0. The van der Waals surface area contributed by atoms with Gasteiger partial charge in [-0.15, -0.1) is 11.3 Å². The molecule has 6 aromatic rings. The van der Waals surface area contributed by atoms with E-state index in [1.165, 1.54) is 4.68 Å². The molecule has 9 nitrogen and oxygen atoms in total. The molecular formula is C20H15N7O2S. The monoisotopic (exact) mass is 417 g/mol. The molecule has 5 heterocycles. The molecule has 5 aromatic heterocycles. The van der Waals surface area contributed by atoms with Crippen LogP contribution < -0.4 is 5.56 Å². The highest BCUT2D eigenvalue weighted by molar-refractivity contribution is 7.19. The Morgan fingerprint density at radius 2 is 2.13 bits per heavy atom. The van der Waals surface area contributed by atoms with Gasteiger partial charge < -0.3 is 9.09 Å². The zero-order valence-corrected chi connectivity index (χ0v) is 16.7. The van der Waals surface area contributed by atoms with Crippen LogP contribution in [0.1, 0.15) is 16.1 Å². The molecule has 148 valence electrons. The fourth-order valence-corrected chi connectivity index (χ4v) is 4.98. The van der Waals surface area contributed by atoms with Gasteiger partial charge in [0, 0.05) is 29.8 Å². The number of aromatic amines is 1. The van der Waals surface area contributed by atoms with Crippen LogP contribution in [0.3, 0.4) is 0 Å². The highest BCUT2D eigenvalue weighted by Gasteiger charge is 2.19. The number of thiazole rings is 1. The molecular weight excluding hydrogens is 402 g/mol. The summed E-state index contributed by atoms with van der Waals surface area (Å²) in [4.78, 5) is 18.0. The van der Waals surface area contributed by atoms with Gasteiger partial charge in [0.05, 0.1) is 35.4 Å². The first-order chi connectivity index (χ1) is 14.7. The fourth-order valence-electron chi connectivity index (χ4n) is 3.84. The number of hydrogen-bond acceptors (Lipinski definition) is 7. The van der Waals surface area contributed by atoms with Crippen LogP contribution >= 0.6 is 11.3 Å². The molecule has 0 unspecified atom stereocenters. The zero-order chi connectivity index (χ0) is 20.2. The van der Waals surface area contributed by atoms with Gasteiger partial charge in [0.15, 0.2) is 5.65 Å². The van der Waals surface area contributed by atoms with Gasteiger partial charge in [0.25, 0.3) is 5.56 Å². The fraction of sp³-hybridized carbons (Fsp3) is 0.150. The molecule has 30 heavy (non-hydrogen) atoms. The Morgan fingerprint density at radius 3 is 3.00 bits per heavy atom. The van der Waals surface area contributed by atoms with E-state index in [1.807, 2.05) is 29.8 Å². The van der Waals surface area contributed by atoms with Crippen molar-refractivity contribution < 1.29 is 4.52 Å². The summed E-state index contributed by atoms with van der Waals surface area (Å²) in [7, 11) is 1.87. The summed E-state index contributed by atoms with van der Waals surface area (Å²) in [6.07, 6.45) is 7.48. The Bertz CT molecular complexity index is 1590. The molecule has 0 bridgehead atoms. The van der Waals surface area contributed by atoms with Crippen LogP contribution in [0.4, 0.5) is 0 Å². The van der Waals surface area contributed by atoms with Crippen molar-refractivity contribution in [2.45, 2.75) is 13.0 Å². The van der Waals surface area contributed by atoms with E-state index in [4.69, 9.17) is 9.51 Å². The normalized spacial score (nSPS) is 11.9. The SMILES string of the molecule is Cn1c2nc(Cc3cnoc3)sc2c2cnn(Cc3cccc4[nH]ncc34)c(=O)c21. The Hall–Kier alpha value is -3.79. The van der Waals surface area contributed by atoms with Gasteiger partial charge in [0.1, 0.15) is 16.8 Å². The number of aryl methyl sites for hydroxylation is 1. The lowest BCUT2D eigenvalue weighted by atomic mass is 10.1. The number of fused-ring (bicyclic) bond motifs is 4. The van der Waals surface area contributed by atoms with Crippen LogP contribution in [-0.2, 0) is 20.0 Å². The number of nitrogens with one attached hydrogen (secondary N) is 1. The summed E-state index contributed by atoms with van der Waals surface area (Å²) >= 11 is 1.57. The Balaban J connectivity index is 1.45. The molecule has 0 radical (unpaired) electrons. The predicted molar refractivity (Wildman–Crippen MR) is 113 cm³/mol. The van der Waals surface area contributed by atoms with Crippen molar-refractivity contribution >= 4 is 43.5 Å². The minimum atomic E-state index is -0.138. The summed E-state index contributed by atoms with van der Waals surface area (Å²) < 4.78 is 9.21. The zero-order valence-electron chi connectivity index (χ0n) is 15.9. The largest absolute Gasteiger partial charge is 0.364 e. The molecule has 0 saturated carbocycles. The average Bonchev–Trinajstić information content (AvgIpc) is 3.52. The molecule has 0 spiro atoms. The lowest BCUT2D eigenvalue weighted by Gasteiger charge is -2.07. The highest BCUT2D eigenvalue weighted by Crippen LogP contribution is 2.31. The van der Waals surface area contributed by atoms with Crippen LogP contribution in [0.25, 0.3) is 32.2 Å². The molecule has 0 fully saturated rings. The van der Waals surface area contributed by atoms with Crippen LogP contribution in [0.5, 0.6) is 0 Å². The number of H-pyrrole nitrogens is 1. The number of hydrogen-bond donors (Lipinski definition) is 1. The third kappa shape index (κ3) is 2.50. The quantitative estimate of drug-likeness (QED) is 0.473. The second-order valence-electron chi connectivity index (χ2n) is 7.15. The van der Waals surface area contributed by atoms with Crippen LogP contribution in [0.15, 0.2) is 52.4 Å². The van der Waals surface area contributed by atoms with E-state index in [1.54, 1.807) is 36.2 Å². The molecule has 1 N–H and O–H groups in total. The van der Waals surface area contributed by atoms with Crippen molar-refractivity contribution in [3.8, 4) is 0 Å². The minimum Gasteiger partial charge on any atom is -0.364 e. The van der Waals surface area contributed by atoms with Crippen molar-refractivity contribution in [3.63, 3.8) is 0 Å². The standard InChI is InChI=1S/C20H15N7O2S/c1-26-17-14(18-19(26)24-16(30-18)5-11-6-23-29-10-11)8-22-27(20(17)28)9-12-3-2-4-15-13(12)7-21-25-15/h2-4,6-8,10H,5,9H2,1H3,(H,21,25). The van der Waals surface area contributed by atoms with Gasteiger partial charge in [-0.25, -0.2) is 9.67 Å². The predicted octanol–water partition coefficient (Wildman–Crippen LogP) is 2.85. The molecule has 10 heteroatoms. The molecule has 0 atom stereocenters. The molecule has 0 amide bonds. The third-order valence-corrected chi connectivity index (χ3v) is 6.38. The van der Waals surface area contributed by atoms with Gasteiger partial charge in [-0.2, -0.15) is 10.2 Å². The number of aromatic nitrogens is 7. The summed E-state index contributed by atoms with van der Waals surface area (Å²) in [5.74, 6) is 0. The van der Waals surface area contributed by atoms with Crippen molar-refractivity contribution in [3.05, 3.63) is 69.5 Å². The molecule has 0 aliphatic heterocycles. The van der Waals surface area contributed by atoms with E-state index < -0.39 is 0 Å². The van der Waals surface area contributed by atoms with Gasteiger partial charge in [-0.1, -0.05) is 17.3 Å². The molecule has 6 rings (SSSR count). The smallest absolute Gasteiger partial charge is 0.291 e. The Labute approximate surface area is 172 Å². The van der Waals surface area contributed by atoms with Gasteiger partial charge >= 0.3 is 0 Å². The van der Waals surface area contributed by atoms with Gasteiger partial charge in [-0.3, -0.25) is 9.89 Å². The Kier molecular flexibility index (Phi) is 3.62.